The first-order chi connectivity index (χ1) is 11.1. The summed E-state index contributed by atoms with van der Waals surface area (Å²) in [5, 5.41) is 0.537. The Morgan fingerprint density at radius 1 is 1.13 bits per heavy atom. The average Bonchev–Trinajstić information content (AvgIpc) is 3.00. The van der Waals surface area contributed by atoms with Crippen molar-refractivity contribution < 1.29 is 9.59 Å². The molecule has 0 aliphatic carbocycles. The summed E-state index contributed by atoms with van der Waals surface area (Å²) in [4.78, 5) is 27.9. The maximum Gasteiger partial charge on any atom is 0.268 e. The number of benzene rings is 2. The van der Waals surface area contributed by atoms with Crippen LogP contribution in [0.25, 0.3) is 0 Å². The number of anilines is 2. The number of hydrogen-bond donors (Lipinski definition) is 0. The van der Waals surface area contributed by atoms with Crippen LogP contribution in [0.3, 0.4) is 0 Å². The third-order valence-corrected chi connectivity index (χ3v) is 5.88. The van der Waals surface area contributed by atoms with E-state index < -0.39 is 4.87 Å². The van der Waals surface area contributed by atoms with E-state index in [4.69, 9.17) is 11.6 Å². The van der Waals surface area contributed by atoms with Gasteiger partial charge in [-0.1, -0.05) is 35.9 Å². The van der Waals surface area contributed by atoms with Crippen molar-refractivity contribution in [3.8, 4) is 0 Å². The van der Waals surface area contributed by atoms with Crippen molar-refractivity contribution in [2.45, 2.75) is 4.87 Å². The average molecular weight is 345 g/mol. The molecule has 2 aliphatic rings. The van der Waals surface area contributed by atoms with Crippen molar-refractivity contribution in [2.24, 2.45) is 0 Å². The lowest BCUT2D eigenvalue weighted by atomic mass is 10.0. The molecule has 0 unspecified atom stereocenters. The molecule has 0 N–H and O–H groups in total. The Morgan fingerprint density at radius 2 is 1.91 bits per heavy atom. The molecule has 2 aromatic rings. The SMILES string of the molecule is CN1C(=O)[C@@]2(SCC(=O)N2c2cccc(Cl)c2)c2ccccc21. The van der Waals surface area contributed by atoms with Crippen molar-refractivity contribution in [1.29, 1.82) is 0 Å². The van der Waals surface area contributed by atoms with Crippen molar-refractivity contribution >= 4 is 46.6 Å². The van der Waals surface area contributed by atoms with Crippen molar-refractivity contribution in [1.82, 2.24) is 0 Å². The standard InChI is InChI=1S/C17H13ClN2O2S/c1-19-14-8-3-2-7-13(14)17(16(19)22)20(15(21)10-23-17)12-6-4-5-11(18)9-12/h2-9H,10H2,1H3/t17-/m0/s1. The highest BCUT2D eigenvalue weighted by atomic mass is 35.5. The molecule has 1 atom stereocenters. The van der Waals surface area contributed by atoms with E-state index in [0.717, 1.165) is 11.3 Å². The summed E-state index contributed by atoms with van der Waals surface area (Å²) in [5.74, 6) is 0.0747. The molecule has 2 heterocycles. The number of carbonyl (C=O) groups excluding carboxylic acids is 2. The van der Waals surface area contributed by atoms with Crippen molar-refractivity contribution in [3.63, 3.8) is 0 Å². The van der Waals surface area contributed by atoms with Gasteiger partial charge in [0.2, 0.25) is 10.8 Å². The van der Waals surface area contributed by atoms with E-state index in [0.29, 0.717) is 10.7 Å². The summed E-state index contributed by atoms with van der Waals surface area (Å²) in [6.07, 6.45) is 0. The summed E-state index contributed by atoms with van der Waals surface area (Å²) in [5.41, 5.74) is 2.33. The highest BCUT2D eigenvalue weighted by molar-refractivity contribution is 8.02. The molecule has 2 aliphatic heterocycles. The maximum atomic E-state index is 13.1. The molecule has 4 rings (SSSR count). The fourth-order valence-electron chi connectivity index (χ4n) is 3.27. The minimum Gasteiger partial charge on any atom is -0.312 e. The van der Waals surface area contributed by atoms with Gasteiger partial charge in [-0.15, -0.1) is 11.8 Å². The van der Waals surface area contributed by atoms with Crippen LogP contribution in [0.5, 0.6) is 0 Å². The van der Waals surface area contributed by atoms with Crippen molar-refractivity contribution in [3.05, 3.63) is 59.1 Å². The molecule has 0 bridgehead atoms. The van der Waals surface area contributed by atoms with Crippen LogP contribution < -0.4 is 9.80 Å². The van der Waals surface area contributed by atoms with Crippen LogP contribution in [0, 0.1) is 0 Å². The molecule has 0 aromatic heterocycles. The zero-order valence-electron chi connectivity index (χ0n) is 12.3. The minimum absolute atomic E-state index is 0.0873. The fraction of sp³-hybridized carbons (Fsp3) is 0.176. The Kier molecular flexibility index (Phi) is 3.18. The number of fused-ring (bicyclic) bond motifs is 2. The molecule has 1 saturated heterocycles. The van der Waals surface area contributed by atoms with Gasteiger partial charge in [-0.05, 0) is 24.3 Å². The first-order valence-corrected chi connectivity index (χ1v) is 8.52. The predicted molar refractivity (Wildman–Crippen MR) is 92.9 cm³/mol. The summed E-state index contributed by atoms with van der Waals surface area (Å²) in [7, 11) is 1.75. The van der Waals surface area contributed by atoms with Gasteiger partial charge >= 0.3 is 0 Å². The van der Waals surface area contributed by atoms with Crippen LogP contribution >= 0.6 is 23.4 Å². The molecule has 4 nitrogen and oxygen atoms in total. The van der Waals surface area contributed by atoms with Gasteiger partial charge in [0.25, 0.3) is 5.91 Å². The van der Waals surface area contributed by atoms with Gasteiger partial charge in [-0.3, -0.25) is 14.5 Å². The smallest absolute Gasteiger partial charge is 0.268 e. The highest BCUT2D eigenvalue weighted by Gasteiger charge is 2.60. The summed E-state index contributed by atoms with van der Waals surface area (Å²) >= 11 is 7.46. The summed E-state index contributed by atoms with van der Waals surface area (Å²) in [6.45, 7) is 0. The predicted octanol–water partition coefficient (Wildman–Crippen LogP) is 3.25. The number of likely N-dealkylation sites (N-methyl/N-ethyl adjacent to an activating group) is 1. The first-order valence-electron chi connectivity index (χ1n) is 7.16. The second kappa shape index (κ2) is 5.01. The van der Waals surface area contributed by atoms with Crippen LogP contribution in [-0.2, 0) is 14.5 Å². The number of amides is 2. The number of carbonyl (C=O) groups is 2. The Balaban J connectivity index is 1.96. The van der Waals surface area contributed by atoms with Gasteiger partial charge in [0, 0.05) is 23.3 Å². The third-order valence-electron chi connectivity index (χ3n) is 4.26. The van der Waals surface area contributed by atoms with Crippen LogP contribution in [0.4, 0.5) is 11.4 Å². The molecule has 0 radical (unpaired) electrons. The summed E-state index contributed by atoms with van der Waals surface area (Å²) < 4.78 is 0. The van der Waals surface area contributed by atoms with Crippen LogP contribution in [0.15, 0.2) is 48.5 Å². The Bertz CT molecular complexity index is 841. The molecular weight excluding hydrogens is 332 g/mol. The van der Waals surface area contributed by atoms with Crippen LogP contribution in [0.1, 0.15) is 5.56 Å². The fourth-order valence-corrected chi connectivity index (χ4v) is 4.84. The number of thioether (sulfide) groups is 1. The molecule has 23 heavy (non-hydrogen) atoms. The topological polar surface area (TPSA) is 40.6 Å². The van der Waals surface area contributed by atoms with E-state index in [2.05, 4.69) is 0 Å². The Hall–Kier alpha value is -1.98. The normalized spacial score (nSPS) is 23.0. The Labute approximate surface area is 143 Å². The van der Waals surface area contributed by atoms with Crippen LogP contribution in [-0.4, -0.2) is 24.6 Å². The monoisotopic (exact) mass is 344 g/mol. The van der Waals surface area contributed by atoms with Crippen molar-refractivity contribution in [2.75, 3.05) is 22.6 Å². The lowest BCUT2D eigenvalue weighted by Crippen LogP contribution is -2.49. The van der Waals surface area contributed by atoms with E-state index >= 15 is 0 Å². The zero-order chi connectivity index (χ0) is 16.2. The van der Waals surface area contributed by atoms with E-state index in [-0.39, 0.29) is 17.6 Å². The number of halogens is 1. The molecule has 2 aromatic carbocycles. The number of para-hydroxylation sites is 1. The maximum absolute atomic E-state index is 13.1. The molecule has 116 valence electrons. The lowest BCUT2D eigenvalue weighted by molar-refractivity contribution is -0.123. The van der Waals surface area contributed by atoms with Gasteiger partial charge in [0.1, 0.15) is 0 Å². The second-order valence-corrected chi connectivity index (χ2v) is 7.13. The quantitative estimate of drug-likeness (QED) is 0.797. The van der Waals surface area contributed by atoms with Gasteiger partial charge < -0.3 is 4.90 Å². The first kappa shape index (κ1) is 14.6. The van der Waals surface area contributed by atoms with Gasteiger partial charge in [-0.25, -0.2) is 0 Å². The highest BCUT2D eigenvalue weighted by Crippen LogP contribution is 2.55. The van der Waals surface area contributed by atoms with Gasteiger partial charge in [0.15, 0.2) is 0 Å². The third kappa shape index (κ3) is 1.87. The molecule has 1 spiro atoms. The molecular formula is C17H13ClN2O2S. The van der Waals surface area contributed by atoms with E-state index in [1.807, 2.05) is 30.3 Å². The summed E-state index contributed by atoms with van der Waals surface area (Å²) in [6, 6.07) is 14.7. The largest absolute Gasteiger partial charge is 0.312 e. The molecule has 6 heteroatoms. The van der Waals surface area contributed by atoms with Crippen LogP contribution in [0.2, 0.25) is 5.02 Å². The molecule has 0 saturated carbocycles. The van der Waals surface area contributed by atoms with Gasteiger partial charge in [0.05, 0.1) is 11.4 Å². The Morgan fingerprint density at radius 3 is 2.70 bits per heavy atom. The number of rotatable bonds is 1. The number of hydrogen-bond acceptors (Lipinski definition) is 3. The lowest BCUT2D eigenvalue weighted by Gasteiger charge is -2.32. The minimum atomic E-state index is -1.03. The number of nitrogens with zero attached hydrogens (tertiary/aromatic N) is 2. The van der Waals surface area contributed by atoms with E-state index in [9.17, 15) is 9.59 Å². The molecule has 1 fully saturated rings. The van der Waals surface area contributed by atoms with Gasteiger partial charge in [-0.2, -0.15) is 0 Å². The molecule has 2 amide bonds. The van der Waals surface area contributed by atoms with E-state index in [1.165, 1.54) is 11.8 Å². The second-order valence-electron chi connectivity index (χ2n) is 5.52. The zero-order valence-corrected chi connectivity index (χ0v) is 13.9. The van der Waals surface area contributed by atoms with E-state index in [1.54, 1.807) is 35.0 Å².